The summed E-state index contributed by atoms with van der Waals surface area (Å²) in [6.45, 7) is 2.41. The number of carbonyl (C=O) groups excluding carboxylic acids is 5. The number of likely N-dealkylation sites (tertiary alicyclic amines) is 1. The van der Waals surface area contributed by atoms with Crippen LogP contribution >= 0.6 is 0 Å². The topological polar surface area (TPSA) is 122 Å². The minimum atomic E-state index is -0.672. The maximum atomic E-state index is 12.4. The first kappa shape index (κ1) is 20.1. The van der Waals surface area contributed by atoms with Crippen molar-refractivity contribution in [2.24, 2.45) is 0 Å². The minimum Gasteiger partial charge on any atom is -0.456 e. The summed E-state index contributed by atoms with van der Waals surface area (Å²) < 4.78 is 4.96. The second kappa shape index (κ2) is 8.93. The second-order valence-corrected chi connectivity index (χ2v) is 6.13. The number of carbonyl (C=O) groups is 5. The van der Waals surface area contributed by atoms with E-state index < -0.39 is 24.3 Å². The van der Waals surface area contributed by atoms with Crippen LogP contribution in [0.1, 0.15) is 37.0 Å². The van der Waals surface area contributed by atoms with Crippen LogP contribution in [-0.4, -0.2) is 54.1 Å². The molecule has 0 unspecified atom stereocenters. The third-order valence-corrected chi connectivity index (χ3v) is 3.81. The molecule has 0 aliphatic carbocycles. The van der Waals surface area contributed by atoms with Gasteiger partial charge in [0.1, 0.15) is 6.54 Å². The van der Waals surface area contributed by atoms with Gasteiger partial charge in [-0.05, 0) is 24.6 Å². The van der Waals surface area contributed by atoms with Gasteiger partial charge >= 0.3 is 5.97 Å². The SMILES string of the molecule is CC(=O)Nc1ccc(C(=O)COC(=O)CN2CCCC2=O)c(NC(C)=O)c1. The Balaban J connectivity index is 2.03. The summed E-state index contributed by atoms with van der Waals surface area (Å²) in [5, 5.41) is 5.07. The predicted octanol–water partition coefficient (Wildman–Crippen LogP) is 0.952. The van der Waals surface area contributed by atoms with Crippen LogP contribution in [0.25, 0.3) is 0 Å². The number of hydrogen-bond acceptors (Lipinski definition) is 6. The van der Waals surface area contributed by atoms with Gasteiger partial charge in [-0.1, -0.05) is 0 Å². The Labute approximate surface area is 156 Å². The number of benzene rings is 1. The van der Waals surface area contributed by atoms with Crippen molar-refractivity contribution < 1.29 is 28.7 Å². The molecule has 0 spiro atoms. The molecule has 1 aromatic carbocycles. The molecule has 0 radical (unpaired) electrons. The zero-order chi connectivity index (χ0) is 20.0. The number of ketones is 1. The summed E-state index contributed by atoms with van der Waals surface area (Å²) in [6, 6.07) is 4.38. The molecule has 0 bridgehead atoms. The molecule has 1 aliphatic rings. The van der Waals surface area contributed by atoms with Crippen molar-refractivity contribution in [2.75, 3.05) is 30.3 Å². The number of hydrogen-bond donors (Lipinski definition) is 2. The van der Waals surface area contributed by atoms with Crippen LogP contribution in [0, 0.1) is 0 Å². The van der Waals surface area contributed by atoms with Crippen LogP contribution in [0.4, 0.5) is 11.4 Å². The van der Waals surface area contributed by atoms with Gasteiger partial charge in [0, 0.05) is 38.1 Å². The van der Waals surface area contributed by atoms with Crippen molar-refractivity contribution in [1.29, 1.82) is 0 Å². The molecule has 0 atom stereocenters. The van der Waals surface area contributed by atoms with Crippen molar-refractivity contribution in [2.45, 2.75) is 26.7 Å². The summed E-state index contributed by atoms with van der Waals surface area (Å²) >= 11 is 0. The molecule has 1 saturated heterocycles. The quantitative estimate of drug-likeness (QED) is 0.540. The highest BCUT2D eigenvalue weighted by molar-refractivity contribution is 6.06. The largest absolute Gasteiger partial charge is 0.456 e. The summed E-state index contributed by atoms with van der Waals surface area (Å²) in [5.41, 5.74) is 0.751. The number of ether oxygens (including phenoxy) is 1. The van der Waals surface area contributed by atoms with E-state index in [9.17, 15) is 24.0 Å². The average Bonchev–Trinajstić information content (AvgIpc) is 2.96. The number of esters is 1. The number of amides is 3. The molecule has 0 aromatic heterocycles. The molecular weight excluding hydrogens is 354 g/mol. The summed E-state index contributed by atoms with van der Waals surface area (Å²) in [5.74, 6) is -2.00. The normalized spacial score (nSPS) is 13.3. The van der Waals surface area contributed by atoms with Crippen LogP contribution in [0.15, 0.2) is 18.2 Å². The fraction of sp³-hybridized carbons (Fsp3) is 0.389. The van der Waals surface area contributed by atoms with Gasteiger partial charge < -0.3 is 20.3 Å². The monoisotopic (exact) mass is 375 g/mol. The standard InChI is InChI=1S/C18H21N3O6/c1-11(22)19-13-5-6-14(15(8-13)20-12(2)23)16(24)10-27-18(26)9-21-7-3-4-17(21)25/h5-6,8H,3-4,7,9-10H2,1-2H3,(H,19,22)(H,20,23). The van der Waals surface area contributed by atoms with Gasteiger partial charge in [0.25, 0.3) is 0 Å². The molecule has 27 heavy (non-hydrogen) atoms. The van der Waals surface area contributed by atoms with Crippen LogP contribution < -0.4 is 10.6 Å². The zero-order valence-corrected chi connectivity index (χ0v) is 15.2. The molecule has 9 nitrogen and oxygen atoms in total. The number of rotatable bonds is 7. The molecule has 1 aromatic rings. The van der Waals surface area contributed by atoms with E-state index in [2.05, 4.69) is 10.6 Å². The third-order valence-electron chi connectivity index (χ3n) is 3.81. The van der Waals surface area contributed by atoms with E-state index in [0.29, 0.717) is 25.1 Å². The van der Waals surface area contributed by atoms with Crippen molar-refractivity contribution >= 4 is 40.8 Å². The molecule has 2 rings (SSSR count). The number of nitrogens with one attached hydrogen (secondary N) is 2. The van der Waals surface area contributed by atoms with Crippen molar-refractivity contribution in [3.05, 3.63) is 23.8 Å². The molecular formula is C18H21N3O6. The fourth-order valence-electron chi connectivity index (χ4n) is 2.66. The molecule has 144 valence electrons. The summed E-state index contributed by atoms with van der Waals surface area (Å²) in [7, 11) is 0. The van der Waals surface area contributed by atoms with E-state index >= 15 is 0 Å². The average molecular weight is 375 g/mol. The molecule has 2 N–H and O–H groups in total. The first-order valence-corrected chi connectivity index (χ1v) is 8.42. The molecule has 9 heteroatoms. The lowest BCUT2D eigenvalue weighted by molar-refractivity contribution is -0.147. The Hall–Kier alpha value is -3.23. The third kappa shape index (κ3) is 5.91. The van der Waals surface area contributed by atoms with E-state index in [0.717, 1.165) is 0 Å². The first-order chi connectivity index (χ1) is 12.8. The number of Topliss-reactive ketones (excluding diaryl/α,β-unsaturated/α-hetero) is 1. The van der Waals surface area contributed by atoms with Gasteiger partial charge in [-0.3, -0.25) is 24.0 Å². The van der Waals surface area contributed by atoms with E-state index in [1.54, 1.807) is 0 Å². The summed E-state index contributed by atoms with van der Waals surface area (Å²) in [6.07, 6.45) is 1.11. The van der Waals surface area contributed by atoms with Gasteiger partial charge in [0.05, 0.1) is 5.69 Å². The maximum Gasteiger partial charge on any atom is 0.326 e. The van der Waals surface area contributed by atoms with Crippen LogP contribution in [0.3, 0.4) is 0 Å². The highest BCUT2D eigenvalue weighted by Gasteiger charge is 2.23. The number of anilines is 2. The lowest BCUT2D eigenvalue weighted by Gasteiger charge is -2.15. The second-order valence-electron chi connectivity index (χ2n) is 6.13. The highest BCUT2D eigenvalue weighted by Crippen LogP contribution is 2.22. The van der Waals surface area contributed by atoms with E-state index in [1.165, 1.54) is 36.9 Å². The van der Waals surface area contributed by atoms with E-state index in [-0.39, 0.29) is 29.6 Å². The van der Waals surface area contributed by atoms with Crippen LogP contribution in [0.2, 0.25) is 0 Å². The first-order valence-electron chi connectivity index (χ1n) is 8.42. The van der Waals surface area contributed by atoms with E-state index in [1.807, 2.05) is 0 Å². The predicted molar refractivity (Wildman–Crippen MR) is 96.2 cm³/mol. The van der Waals surface area contributed by atoms with Gasteiger partial charge in [-0.15, -0.1) is 0 Å². The van der Waals surface area contributed by atoms with Crippen LogP contribution in [-0.2, 0) is 23.9 Å². The Bertz CT molecular complexity index is 789. The number of nitrogens with zero attached hydrogens (tertiary/aromatic N) is 1. The molecule has 1 heterocycles. The van der Waals surface area contributed by atoms with Crippen molar-refractivity contribution in [3.63, 3.8) is 0 Å². The van der Waals surface area contributed by atoms with Gasteiger partial charge in [-0.25, -0.2) is 0 Å². The maximum absolute atomic E-state index is 12.4. The van der Waals surface area contributed by atoms with Crippen LogP contribution in [0.5, 0.6) is 0 Å². The highest BCUT2D eigenvalue weighted by atomic mass is 16.5. The van der Waals surface area contributed by atoms with Gasteiger partial charge in [0.2, 0.25) is 23.5 Å². The van der Waals surface area contributed by atoms with Crippen molar-refractivity contribution in [1.82, 2.24) is 4.90 Å². The van der Waals surface area contributed by atoms with Crippen molar-refractivity contribution in [3.8, 4) is 0 Å². The van der Waals surface area contributed by atoms with Gasteiger partial charge in [0.15, 0.2) is 6.61 Å². The smallest absolute Gasteiger partial charge is 0.326 e. The molecule has 3 amide bonds. The fourth-order valence-corrected chi connectivity index (χ4v) is 2.66. The molecule has 1 aliphatic heterocycles. The van der Waals surface area contributed by atoms with E-state index in [4.69, 9.17) is 4.74 Å². The zero-order valence-electron chi connectivity index (χ0n) is 15.2. The molecule has 0 saturated carbocycles. The lowest BCUT2D eigenvalue weighted by Crippen LogP contribution is -2.32. The Morgan fingerprint density at radius 3 is 2.41 bits per heavy atom. The summed E-state index contributed by atoms with van der Waals surface area (Å²) in [4.78, 5) is 59.7. The lowest BCUT2D eigenvalue weighted by atomic mass is 10.1. The minimum absolute atomic E-state index is 0.111. The Kier molecular flexibility index (Phi) is 6.64. The Morgan fingerprint density at radius 2 is 1.81 bits per heavy atom. The van der Waals surface area contributed by atoms with Gasteiger partial charge in [-0.2, -0.15) is 0 Å². The molecule has 1 fully saturated rings. The Morgan fingerprint density at radius 1 is 1.11 bits per heavy atom.